The van der Waals surface area contributed by atoms with Gasteiger partial charge in [0.1, 0.15) is 0 Å². The minimum absolute atomic E-state index is 0.0575. The van der Waals surface area contributed by atoms with Crippen molar-refractivity contribution in [1.29, 1.82) is 0 Å². The van der Waals surface area contributed by atoms with Gasteiger partial charge in [-0.2, -0.15) is 0 Å². The largest absolute Gasteiger partial charge is 0.281 e. The SMILES string of the molecule is CC(C(=O)Cl)C1C=CC=CC1. The average molecular weight is 171 g/mol. The van der Waals surface area contributed by atoms with E-state index in [1.54, 1.807) is 0 Å². The molecule has 1 rings (SSSR count). The zero-order valence-electron chi connectivity index (χ0n) is 6.46. The lowest BCUT2D eigenvalue weighted by molar-refractivity contribution is -0.115. The normalized spacial score (nSPS) is 25.1. The molecule has 0 saturated carbocycles. The molecular weight excluding hydrogens is 160 g/mol. The van der Waals surface area contributed by atoms with Crippen LogP contribution in [0.25, 0.3) is 0 Å². The number of allylic oxidation sites excluding steroid dienone is 4. The van der Waals surface area contributed by atoms with E-state index in [2.05, 4.69) is 6.08 Å². The molecule has 0 radical (unpaired) electrons. The van der Waals surface area contributed by atoms with Crippen molar-refractivity contribution in [3.8, 4) is 0 Å². The van der Waals surface area contributed by atoms with E-state index in [-0.39, 0.29) is 11.2 Å². The molecule has 0 aromatic rings. The third-order valence-electron chi connectivity index (χ3n) is 2.01. The summed E-state index contributed by atoms with van der Waals surface area (Å²) in [4.78, 5) is 10.8. The molecule has 0 aromatic heterocycles. The summed E-state index contributed by atoms with van der Waals surface area (Å²) in [6.07, 6.45) is 8.97. The second-order valence-corrected chi connectivity index (χ2v) is 3.18. The van der Waals surface area contributed by atoms with Crippen LogP contribution in [0.15, 0.2) is 24.3 Å². The molecular formula is C9H11ClO. The fraction of sp³-hybridized carbons (Fsp3) is 0.444. The molecule has 0 N–H and O–H groups in total. The lowest BCUT2D eigenvalue weighted by atomic mass is 9.89. The Morgan fingerprint density at radius 2 is 2.36 bits per heavy atom. The van der Waals surface area contributed by atoms with E-state index in [0.29, 0.717) is 5.92 Å². The predicted octanol–water partition coefficient (Wildman–Crippen LogP) is 2.52. The molecule has 0 amide bonds. The minimum atomic E-state index is -0.241. The highest BCUT2D eigenvalue weighted by atomic mass is 35.5. The molecule has 1 aliphatic rings. The molecule has 0 bridgehead atoms. The number of hydrogen-bond donors (Lipinski definition) is 0. The molecule has 0 aromatic carbocycles. The third-order valence-corrected chi connectivity index (χ3v) is 2.36. The number of rotatable bonds is 2. The van der Waals surface area contributed by atoms with E-state index >= 15 is 0 Å². The molecule has 1 nitrogen and oxygen atoms in total. The fourth-order valence-electron chi connectivity index (χ4n) is 1.14. The van der Waals surface area contributed by atoms with Gasteiger partial charge in [0.2, 0.25) is 5.24 Å². The van der Waals surface area contributed by atoms with Crippen molar-refractivity contribution in [2.45, 2.75) is 13.3 Å². The van der Waals surface area contributed by atoms with Crippen molar-refractivity contribution in [2.75, 3.05) is 0 Å². The van der Waals surface area contributed by atoms with Crippen LogP contribution in [0, 0.1) is 11.8 Å². The van der Waals surface area contributed by atoms with Crippen molar-refractivity contribution >= 4 is 16.8 Å². The van der Waals surface area contributed by atoms with Crippen molar-refractivity contribution in [2.24, 2.45) is 11.8 Å². The van der Waals surface area contributed by atoms with Crippen LogP contribution in [0.3, 0.4) is 0 Å². The van der Waals surface area contributed by atoms with Gasteiger partial charge in [-0.1, -0.05) is 31.2 Å². The Morgan fingerprint density at radius 3 is 2.82 bits per heavy atom. The molecule has 0 fully saturated rings. The van der Waals surface area contributed by atoms with Gasteiger partial charge in [0.25, 0.3) is 0 Å². The summed E-state index contributed by atoms with van der Waals surface area (Å²) in [6, 6.07) is 0. The highest BCUT2D eigenvalue weighted by Gasteiger charge is 2.19. The number of carbonyl (C=O) groups excluding carboxylic acids is 1. The van der Waals surface area contributed by atoms with Crippen LogP contribution in [-0.2, 0) is 4.79 Å². The average Bonchev–Trinajstić information content (AvgIpc) is 2.05. The van der Waals surface area contributed by atoms with Gasteiger partial charge in [-0.05, 0) is 23.9 Å². The maximum atomic E-state index is 10.8. The summed E-state index contributed by atoms with van der Waals surface area (Å²) in [6.45, 7) is 1.86. The Hall–Kier alpha value is -0.560. The molecule has 2 unspecified atom stereocenters. The van der Waals surface area contributed by atoms with Crippen LogP contribution in [0.1, 0.15) is 13.3 Å². The van der Waals surface area contributed by atoms with Crippen LogP contribution in [0.5, 0.6) is 0 Å². The molecule has 1 aliphatic carbocycles. The summed E-state index contributed by atoms with van der Waals surface area (Å²) in [5.74, 6) is 0.239. The summed E-state index contributed by atoms with van der Waals surface area (Å²) in [7, 11) is 0. The molecule has 60 valence electrons. The first-order chi connectivity index (χ1) is 5.22. The summed E-state index contributed by atoms with van der Waals surface area (Å²) < 4.78 is 0. The summed E-state index contributed by atoms with van der Waals surface area (Å²) >= 11 is 5.36. The van der Waals surface area contributed by atoms with E-state index in [1.165, 1.54) is 0 Å². The van der Waals surface area contributed by atoms with E-state index < -0.39 is 0 Å². The topological polar surface area (TPSA) is 17.1 Å². The van der Waals surface area contributed by atoms with Crippen LogP contribution in [-0.4, -0.2) is 5.24 Å². The Bertz CT molecular complexity index is 206. The van der Waals surface area contributed by atoms with E-state index in [4.69, 9.17) is 11.6 Å². The summed E-state index contributed by atoms with van der Waals surface area (Å²) in [5, 5.41) is -0.241. The fourth-order valence-corrected chi connectivity index (χ4v) is 1.30. The maximum absolute atomic E-state index is 10.8. The van der Waals surface area contributed by atoms with Crippen molar-refractivity contribution < 1.29 is 4.79 Å². The first kappa shape index (κ1) is 8.54. The van der Waals surface area contributed by atoms with Gasteiger partial charge in [0.05, 0.1) is 0 Å². The standard InChI is InChI=1S/C9H11ClO/c1-7(9(10)11)8-5-3-2-4-6-8/h2-5,7-8H,6H2,1H3. The van der Waals surface area contributed by atoms with Crippen LogP contribution >= 0.6 is 11.6 Å². The molecule has 0 spiro atoms. The number of halogens is 1. The lowest BCUT2D eigenvalue weighted by Gasteiger charge is -2.16. The maximum Gasteiger partial charge on any atom is 0.225 e. The van der Waals surface area contributed by atoms with Gasteiger partial charge < -0.3 is 0 Å². The van der Waals surface area contributed by atoms with Gasteiger partial charge >= 0.3 is 0 Å². The second-order valence-electron chi connectivity index (χ2n) is 2.81. The molecule has 0 aliphatic heterocycles. The smallest absolute Gasteiger partial charge is 0.225 e. The van der Waals surface area contributed by atoms with E-state index in [1.807, 2.05) is 25.2 Å². The van der Waals surface area contributed by atoms with Crippen LogP contribution < -0.4 is 0 Å². The molecule has 2 atom stereocenters. The molecule has 0 heterocycles. The highest BCUT2D eigenvalue weighted by molar-refractivity contribution is 6.63. The van der Waals surface area contributed by atoms with Crippen LogP contribution in [0.2, 0.25) is 0 Å². The number of carbonyl (C=O) groups is 1. The summed E-state index contributed by atoms with van der Waals surface area (Å²) in [5.41, 5.74) is 0. The molecule has 0 saturated heterocycles. The van der Waals surface area contributed by atoms with Gasteiger partial charge in [-0.15, -0.1) is 0 Å². The molecule has 11 heavy (non-hydrogen) atoms. The molecule has 2 heteroatoms. The quantitative estimate of drug-likeness (QED) is 0.582. The van der Waals surface area contributed by atoms with Gasteiger partial charge in [0, 0.05) is 5.92 Å². The van der Waals surface area contributed by atoms with Gasteiger partial charge in [0.15, 0.2) is 0 Å². The Labute approximate surface area is 71.7 Å². The monoisotopic (exact) mass is 170 g/mol. The minimum Gasteiger partial charge on any atom is -0.281 e. The van der Waals surface area contributed by atoms with Gasteiger partial charge in [-0.25, -0.2) is 0 Å². The van der Waals surface area contributed by atoms with Crippen molar-refractivity contribution in [3.63, 3.8) is 0 Å². The van der Waals surface area contributed by atoms with Gasteiger partial charge in [-0.3, -0.25) is 4.79 Å². The zero-order valence-corrected chi connectivity index (χ0v) is 7.21. The third kappa shape index (κ3) is 2.19. The van der Waals surface area contributed by atoms with Crippen LogP contribution in [0.4, 0.5) is 0 Å². The van der Waals surface area contributed by atoms with Crippen molar-refractivity contribution in [3.05, 3.63) is 24.3 Å². The Kier molecular flexibility index (Phi) is 2.89. The zero-order chi connectivity index (χ0) is 8.27. The van der Waals surface area contributed by atoms with E-state index in [9.17, 15) is 4.79 Å². The second kappa shape index (κ2) is 3.72. The Morgan fingerprint density at radius 1 is 1.64 bits per heavy atom. The first-order valence-corrected chi connectivity index (χ1v) is 4.12. The first-order valence-electron chi connectivity index (χ1n) is 3.74. The Balaban J connectivity index is 2.55. The van der Waals surface area contributed by atoms with E-state index in [0.717, 1.165) is 6.42 Å². The highest BCUT2D eigenvalue weighted by Crippen LogP contribution is 2.22. The predicted molar refractivity (Wildman–Crippen MR) is 46.4 cm³/mol. The van der Waals surface area contributed by atoms with Crippen molar-refractivity contribution in [1.82, 2.24) is 0 Å². The number of hydrogen-bond acceptors (Lipinski definition) is 1. The lowest BCUT2D eigenvalue weighted by Crippen LogP contribution is -2.15.